The highest BCUT2D eigenvalue weighted by atomic mass is 32.1. The normalized spacial score (nSPS) is 14.9. The van der Waals surface area contributed by atoms with Gasteiger partial charge in [0.2, 0.25) is 0 Å². The molecule has 0 radical (unpaired) electrons. The van der Waals surface area contributed by atoms with Crippen LogP contribution in [0.25, 0.3) is 0 Å². The first kappa shape index (κ1) is 25.3. The molecule has 1 atom stereocenters. The van der Waals surface area contributed by atoms with Gasteiger partial charge in [0, 0.05) is 4.88 Å². The fraction of sp³-hybridized carbons (Fsp3) is 0.409. The Morgan fingerprint density at radius 2 is 1.68 bits per heavy atom. The van der Waals surface area contributed by atoms with Crippen LogP contribution >= 0.6 is 11.3 Å². The molecule has 2 N–H and O–H groups in total. The number of hydrogen-bond donors (Lipinski definition) is 2. The number of aryl methyl sites for hydroxylation is 1. The molecule has 0 bridgehead atoms. The van der Waals surface area contributed by atoms with Gasteiger partial charge in [-0.15, -0.1) is 11.3 Å². The highest BCUT2D eigenvalue weighted by molar-refractivity contribution is 7.16. The van der Waals surface area contributed by atoms with Crippen molar-refractivity contribution in [2.75, 3.05) is 26.6 Å². The van der Waals surface area contributed by atoms with Gasteiger partial charge in [0.1, 0.15) is 10.8 Å². The maximum Gasteiger partial charge on any atom is 0.441 e. The first-order valence-corrected chi connectivity index (χ1v) is 11.0. The van der Waals surface area contributed by atoms with Crippen LogP contribution in [0.2, 0.25) is 0 Å². The molecule has 8 nitrogen and oxygen atoms in total. The number of alkyl halides is 3. The van der Waals surface area contributed by atoms with Crippen molar-refractivity contribution in [1.82, 2.24) is 5.32 Å². The third kappa shape index (κ3) is 4.54. The fourth-order valence-corrected chi connectivity index (χ4v) is 5.09. The highest BCUT2D eigenvalue weighted by Crippen LogP contribution is 2.42. The van der Waals surface area contributed by atoms with Crippen LogP contribution in [0, 0.1) is 0 Å². The van der Waals surface area contributed by atoms with Crippen molar-refractivity contribution < 1.29 is 41.8 Å². The highest BCUT2D eigenvalue weighted by Gasteiger charge is 2.64. The van der Waals surface area contributed by atoms with Gasteiger partial charge in [0.05, 0.1) is 32.5 Å². The molecule has 0 saturated carbocycles. The smallest absolute Gasteiger partial charge is 0.441 e. The predicted molar refractivity (Wildman–Crippen MR) is 117 cm³/mol. The number of fused-ring (bicyclic) bond motifs is 1. The molecule has 1 unspecified atom stereocenters. The summed E-state index contributed by atoms with van der Waals surface area (Å²) in [5.41, 5.74) is -3.45. The Morgan fingerprint density at radius 1 is 1.00 bits per heavy atom. The summed E-state index contributed by atoms with van der Waals surface area (Å²) < 4.78 is 57.9. The molecule has 3 rings (SSSR count). The molecular weight excluding hydrogens is 477 g/mol. The number of anilines is 1. The van der Waals surface area contributed by atoms with E-state index in [0.29, 0.717) is 23.3 Å². The van der Waals surface area contributed by atoms with Crippen molar-refractivity contribution >= 4 is 34.2 Å². The van der Waals surface area contributed by atoms with Gasteiger partial charge in [-0.2, -0.15) is 13.2 Å². The number of thiophene rings is 1. The van der Waals surface area contributed by atoms with Gasteiger partial charge in [0.15, 0.2) is 0 Å². The Labute approximate surface area is 197 Å². The molecule has 34 heavy (non-hydrogen) atoms. The Hall–Kier alpha value is -3.28. The zero-order valence-electron chi connectivity index (χ0n) is 18.6. The summed E-state index contributed by atoms with van der Waals surface area (Å²) in [7, 11) is 3.13. The van der Waals surface area contributed by atoms with Gasteiger partial charge in [-0.25, -0.2) is 9.59 Å². The van der Waals surface area contributed by atoms with Crippen LogP contribution in [0.3, 0.4) is 0 Å². The molecule has 1 aromatic heterocycles. The lowest BCUT2D eigenvalue weighted by atomic mass is 9.95. The molecule has 1 amide bonds. The van der Waals surface area contributed by atoms with Crippen molar-refractivity contribution in [3.63, 3.8) is 0 Å². The number of rotatable bonds is 7. The lowest BCUT2D eigenvalue weighted by Crippen LogP contribution is -2.69. The van der Waals surface area contributed by atoms with Gasteiger partial charge >= 0.3 is 23.8 Å². The minimum absolute atomic E-state index is 0.00257. The van der Waals surface area contributed by atoms with Crippen LogP contribution in [0.5, 0.6) is 5.75 Å². The lowest BCUT2D eigenvalue weighted by molar-refractivity contribution is -0.203. The molecule has 0 saturated heterocycles. The van der Waals surface area contributed by atoms with Gasteiger partial charge < -0.3 is 24.8 Å². The summed E-state index contributed by atoms with van der Waals surface area (Å²) in [6, 6.07) is 5.60. The van der Waals surface area contributed by atoms with Crippen LogP contribution in [-0.4, -0.2) is 51.0 Å². The number of amides is 1. The number of benzene rings is 1. The maximum atomic E-state index is 14.5. The average molecular weight is 500 g/mol. The summed E-state index contributed by atoms with van der Waals surface area (Å²) in [5, 5.41) is 3.61. The molecule has 1 aliphatic rings. The summed E-state index contributed by atoms with van der Waals surface area (Å²) in [4.78, 5) is 38.8. The molecule has 184 valence electrons. The van der Waals surface area contributed by atoms with Crippen LogP contribution in [-0.2, 0) is 27.1 Å². The van der Waals surface area contributed by atoms with Gasteiger partial charge in [-0.3, -0.25) is 4.79 Å². The standard InChI is InChI=1S/C22H23F3N2O6S/c1-31-14-10-6-4-8-12(14)17(28)26-21(20(30)33-3,22(23,24)25)27-18-16(19(29)32-2)13-9-5-7-11-15(13)34-18/h4,6,8,10,27H,5,7,9,11H2,1-3H3,(H,26,28). The van der Waals surface area contributed by atoms with Crippen LogP contribution in [0.15, 0.2) is 24.3 Å². The first-order valence-electron chi connectivity index (χ1n) is 10.2. The van der Waals surface area contributed by atoms with E-state index in [1.807, 2.05) is 0 Å². The number of hydrogen-bond acceptors (Lipinski definition) is 8. The topological polar surface area (TPSA) is 103 Å². The molecule has 0 spiro atoms. The lowest BCUT2D eigenvalue weighted by Gasteiger charge is -2.34. The van der Waals surface area contributed by atoms with E-state index in [0.717, 1.165) is 38.4 Å². The van der Waals surface area contributed by atoms with Crippen molar-refractivity contribution in [2.45, 2.75) is 37.5 Å². The summed E-state index contributed by atoms with van der Waals surface area (Å²) in [6.45, 7) is 0. The Bertz CT molecular complexity index is 1100. The second-order valence-electron chi connectivity index (χ2n) is 7.43. The zero-order chi connectivity index (χ0) is 25.1. The van der Waals surface area contributed by atoms with Crippen LogP contribution in [0.1, 0.15) is 44.0 Å². The zero-order valence-corrected chi connectivity index (χ0v) is 19.4. The van der Waals surface area contributed by atoms with Gasteiger partial charge in [0.25, 0.3) is 5.91 Å². The van der Waals surface area contributed by atoms with E-state index >= 15 is 0 Å². The number of ether oxygens (including phenoxy) is 3. The van der Waals surface area contributed by atoms with Crippen molar-refractivity contribution in [2.24, 2.45) is 0 Å². The average Bonchev–Trinajstić information content (AvgIpc) is 3.19. The fourth-order valence-electron chi connectivity index (χ4n) is 3.76. The minimum atomic E-state index is -5.37. The Kier molecular flexibility index (Phi) is 7.39. The quantitative estimate of drug-likeness (QED) is 0.442. The van der Waals surface area contributed by atoms with E-state index < -0.39 is 29.7 Å². The monoisotopic (exact) mass is 500 g/mol. The number of carbonyl (C=O) groups is 3. The second-order valence-corrected chi connectivity index (χ2v) is 8.53. The van der Waals surface area contributed by atoms with Crippen LogP contribution in [0.4, 0.5) is 18.2 Å². The van der Waals surface area contributed by atoms with Crippen molar-refractivity contribution in [3.8, 4) is 5.75 Å². The van der Waals surface area contributed by atoms with E-state index in [9.17, 15) is 27.6 Å². The number of halogens is 3. The van der Waals surface area contributed by atoms with E-state index in [2.05, 4.69) is 10.1 Å². The third-order valence-corrected chi connectivity index (χ3v) is 6.64. The van der Waals surface area contributed by atoms with E-state index in [1.54, 1.807) is 5.32 Å². The molecule has 2 aromatic rings. The predicted octanol–water partition coefficient (Wildman–Crippen LogP) is 3.70. The van der Waals surface area contributed by atoms with E-state index in [-0.39, 0.29) is 21.9 Å². The molecule has 1 aromatic carbocycles. The Morgan fingerprint density at radius 3 is 2.29 bits per heavy atom. The Balaban J connectivity index is 2.15. The van der Waals surface area contributed by atoms with Crippen LogP contribution < -0.4 is 15.4 Å². The second kappa shape index (κ2) is 9.92. The molecule has 12 heteroatoms. The number of carbonyl (C=O) groups excluding carboxylic acids is 3. The van der Waals surface area contributed by atoms with Crippen molar-refractivity contribution in [1.29, 1.82) is 0 Å². The number of para-hydroxylation sites is 1. The summed E-state index contributed by atoms with van der Waals surface area (Å²) >= 11 is 0.911. The number of methoxy groups -OCH3 is 3. The number of esters is 2. The van der Waals surface area contributed by atoms with E-state index in [1.165, 1.54) is 31.4 Å². The number of nitrogens with one attached hydrogen (secondary N) is 2. The largest absolute Gasteiger partial charge is 0.496 e. The SMILES string of the molecule is COC(=O)c1c(NC(NC(=O)c2ccccc2OC)(C(=O)OC)C(F)(F)F)sc2c1CCCC2. The molecule has 0 aliphatic heterocycles. The summed E-state index contributed by atoms with van der Waals surface area (Å²) in [5.74, 6) is -3.90. The molecule has 1 aliphatic carbocycles. The first-order chi connectivity index (χ1) is 16.1. The van der Waals surface area contributed by atoms with E-state index in [4.69, 9.17) is 9.47 Å². The van der Waals surface area contributed by atoms with Gasteiger partial charge in [-0.1, -0.05) is 12.1 Å². The van der Waals surface area contributed by atoms with Crippen molar-refractivity contribution in [3.05, 3.63) is 45.8 Å². The molecule has 0 fully saturated rings. The summed E-state index contributed by atoms with van der Waals surface area (Å²) in [6.07, 6.45) is -2.77. The molecule has 1 heterocycles. The third-order valence-electron chi connectivity index (χ3n) is 5.43. The van der Waals surface area contributed by atoms with Gasteiger partial charge in [-0.05, 0) is 43.4 Å². The molecular formula is C22H23F3N2O6S. The maximum absolute atomic E-state index is 14.5. The minimum Gasteiger partial charge on any atom is -0.496 e.